The van der Waals surface area contributed by atoms with Crippen molar-refractivity contribution in [3.05, 3.63) is 24.3 Å². The van der Waals surface area contributed by atoms with Crippen LogP contribution in [0.5, 0.6) is 0 Å². The summed E-state index contributed by atoms with van der Waals surface area (Å²) in [5, 5.41) is 86.3. The van der Waals surface area contributed by atoms with Gasteiger partial charge in [-0.05, 0) is 44.9 Å². The number of aliphatic hydroxyl groups excluding tert-OH is 8. The molecule has 12 atom stereocenters. The topological polar surface area (TPSA) is 228 Å². The molecule has 340 valence electrons. The molecule has 2 aliphatic heterocycles. The second-order valence-corrected chi connectivity index (χ2v) is 16.2. The molecule has 2 fully saturated rings. The molecule has 0 aromatic carbocycles. The zero-order chi connectivity index (χ0) is 42.5. The predicted octanol–water partition coefficient (Wildman–Crippen LogP) is 4.21. The summed E-state index contributed by atoms with van der Waals surface area (Å²) in [6, 6.07) is -0.912. The molecule has 2 rings (SSSR count). The fraction of sp³-hybridized carbons (Fsp3) is 0.886. The SMILES string of the molecule is CCCCCCCC/C=C\CCCCCCCC(=O)NC(COC1OC(CO)C(OC2OC(CO)C(O)C(O)C2O)C(O)C1O)C(O)/C=C/CCCCCCCCC. The Labute approximate surface area is 348 Å². The lowest BCUT2D eigenvalue weighted by atomic mass is 9.97. The molecule has 1 amide bonds. The number of carbonyl (C=O) groups is 1. The summed E-state index contributed by atoms with van der Waals surface area (Å²) in [6.45, 7) is 2.71. The Kier molecular flexibility index (Phi) is 29.2. The van der Waals surface area contributed by atoms with Crippen LogP contribution in [0.15, 0.2) is 24.3 Å². The normalized spacial score (nSPS) is 29.0. The largest absolute Gasteiger partial charge is 0.394 e. The minimum absolute atomic E-state index is 0.253. The molecule has 14 heteroatoms. The highest BCUT2D eigenvalue weighted by Crippen LogP contribution is 2.30. The third-order valence-corrected chi connectivity index (χ3v) is 11.1. The summed E-state index contributed by atoms with van der Waals surface area (Å²) in [5.74, 6) is -0.253. The molecule has 0 radical (unpaired) electrons. The average Bonchev–Trinajstić information content (AvgIpc) is 3.22. The quantitative estimate of drug-likeness (QED) is 0.0334. The Bertz CT molecular complexity index is 1080. The molecule has 0 spiro atoms. The third kappa shape index (κ3) is 20.4. The van der Waals surface area contributed by atoms with Crippen molar-refractivity contribution in [1.29, 1.82) is 0 Å². The molecule has 9 N–H and O–H groups in total. The Morgan fingerprint density at radius 3 is 1.64 bits per heavy atom. The third-order valence-electron chi connectivity index (χ3n) is 11.1. The molecule has 12 unspecified atom stereocenters. The summed E-state index contributed by atoms with van der Waals surface area (Å²) < 4.78 is 22.6. The van der Waals surface area contributed by atoms with Crippen molar-refractivity contribution in [1.82, 2.24) is 5.32 Å². The van der Waals surface area contributed by atoms with E-state index in [0.29, 0.717) is 6.42 Å². The van der Waals surface area contributed by atoms with E-state index < -0.39 is 86.8 Å². The van der Waals surface area contributed by atoms with Gasteiger partial charge in [-0.1, -0.05) is 128 Å². The number of ether oxygens (including phenoxy) is 4. The van der Waals surface area contributed by atoms with E-state index in [1.807, 2.05) is 6.08 Å². The van der Waals surface area contributed by atoms with Gasteiger partial charge in [-0.3, -0.25) is 4.79 Å². The number of allylic oxidation sites excluding steroid dienone is 3. The van der Waals surface area contributed by atoms with Gasteiger partial charge in [0.25, 0.3) is 0 Å². The molecule has 0 aromatic heterocycles. The van der Waals surface area contributed by atoms with Gasteiger partial charge in [0.2, 0.25) is 5.91 Å². The number of aliphatic hydroxyl groups is 8. The molecule has 0 bridgehead atoms. The summed E-state index contributed by atoms with van der Waals surface area (Å²) in [7, 11) is 0. The van der Waals surface area contributed by atoms with Gasteiger partial charge >= 0.3 is 0 Å². The van der Waals surface area contributed by atoms with Crippen molar-refractivity contribution in [3.8, 4) is 0 Å². The number of unbranched alkanes of at least 4 members (excludes halogenated alkanes) is 18. The number of hydrogen-bond donors (Lipinski definition) is 9. The van der Waals surface area contributed by atoms with Gasteiger partial charge in [0.05, 0.1) is 32.0 Å². The minimum Gasteiger partial charge on any atom is -0.394 e. The zero-order valence-electron chi connectivity index (χ0n) is 35.5. The predicted molar refractivity (Wildman–Crippen MR) is 221 cm³/mol. The summed E-state index contributed by atoms with van der Waals surface area (Å²) in [4.78, 5) is 13.1. The van der Waals surface area contributed by atoms with Crippen molar-refractivity contribution < 1.29 is 64.6 Å². The first-order valence-corrected chi connectivity index (χ1v) is 22.6. The second kappa shape index (κ2) is 32.2. The Morgan fingerprint density at radius 2 is 1.09 bits per heavy atom. The van der Waals surface area contributed by atoms with Crippen LogP contribution < -0.4 is 5.32 Å². The van der Waals surface area contributed by atoms with Gasteiger partial charge in [-0.25, -0.2) is 0 Å². The lowest BCUT2D eigenvalue weighted by Crippen LogP contribution is -2.65. The molecule has 0 aromatic rings. The average molecular weight is 832 g/mol. The van der Waals surface area contributed by atoms with Crippen molar-refractivity contribution >= 4 is 5.91 Å². The van der Waals surface area contributed by atoms with Crippen LogP contribution >= 0.6 is 0 Å². The van der Waals surface area contributed by atoms with Gasteiger partial charge < -0.3 is 65.1 Å². The Morgan fingerprint density at radius 1 is 0.603 bits per heavy atom. The fourth-order valence-electron chi connectivity index (χ4n) is 7.34. The number of amides is 1. The number of nitrogens with one attached hydrogen (secondary N) is 1. The van der Waals surface area contributed by atoms with Gasteiger partial charge in [0.15, 0.2) is 12.6 Å². The van der Waals surface area contributed by atoms with Crippen molar-refractivity contribution in [2.75, 3.05) is 19.8 Å². The molecule has 58 heavy (non-hydrogen) atoms. The van der Waals surface area contributed by atoms with Crippen LogP contribution in [0.25, 0.3) is 0 Å². The molecule has 14 nitrogen and oxygen atoms in total. The first-order valence-electron chi connectivity index (χ1n) is 22.6. The van der Waals surface area contributed by atoms with Crippen LogP contribution in [-0.2, 0) is 23.7 Å². The van der Waals surface area contributed by atoms with Crippen LogP contribution in [0.1, 0.15) is 155 Å². The minimum atomic E-state index is -1.79. The van der Waals surface area contributed by atoms with Crippen molar-refractivity contribution in [2.45, 2.75) is 229 Å². The summed E-state index contributed by atoms with van der Waals surface area (Å²) in [5.41, 5.74) is 0. The Hall–Kier alpha value is -1.53. The van der Waals surface area contributed by atoms with E-state index >= 15 is 0 Å². The number of rotatable bonds is 33. The van der Waals surface area contributed by atoms with E-state index in [-0.39, 0.29) is 18.9 Å². The standard InChI is InChI=1S/C44H81NO13/c1-3-5-7-9-11-13-14-15-16-17-18-20-22-24-26-28-36(49)45-32(33(48)27-25-23-21-19-12-10-8-6-4-2)31-55-43-41(54)39(52)42(35(30-47)57-43)58-44-40(53)38(51)37(50)34(29-46)56-44/h15-16,25,27,32-35,37-44,46-48,50-54H,3-14,17-24,26,28-31H2,1-2H3,(H,45,49)/b16-15-,27-25+. The molecular weight excluding hydrogens is 750 g/mol. The van der Waals surface area contributed by atoms with Crippen LogP contribution in [0.3, 0.4) is 0 Å². The molecule has 0 saturated carbocycles. The molecule has 0 aliphatic carbocycles. The lowest BCUT2D eigenvalue weighted by molar-refractivity contribution is -0.359. The summed E-state index contributed by atoms with van der Waals surface area (Å²) in [6.07, 6.45) is 15.2. The highest BCUT2D eigenvalue weighted by Gasteiger charge is 2.50. The van der Waals surface area contributed by atoms with E-state index in [4.69, 9.17) is 18.9 Å². The van der Waals surface area contributed by atoms with E-state index in [9.17, 15) is 45.6 Å². The maximum absolute atomic E-state index is 13.1. The second-order valence-electron chi connectivity index (χ2n) is 16.2. The first kappa shape index (κ1) is 52.6. The fourth-order valence-corrected chi connectivity index (χ4v) is 7.34. The molecule has 2 heterocycles. The smallest absolute Gasteiger partial charge is 0.220 e. The molecule has 2 aliphatic rings. The van der Waals surface area contributed by atoms with Crippen LogP contribution in [0.4, 0.5) is 0 Å². The maximum atomic E-state index is 13.1. The molecule has 2 saturated heterocycles. The highest BCUT2D eigenvalue weighted by molar-refractivity contribution is 5.76. The highest BCUT2D eigenvalue weighted by atomic mass is 16.7. The van der Waals surface area contributed by atoms with Gasteiger partial charge in [-0.15, -0.1) is 0 Å². The number of carbonyl (C=O) groups excluding carboxylic acids is 1. The van der Waals surface area contributed by atoms with Crippen LogP contribution in [-0.4, -0.2) is 140 Å². The lowest BCUT2D eigenvalue weighted by Gasteiger charge is -2.46. The van der Waals surface area contributed by atoms with Crippen molar-refractivity contribution in [2.24, 2.45) is 0 Å². The van der Waals surface area contributed by atoms with E-state index in [1.165, 1.54) is 64.2 Å². The van der Waals surface area contributed by atoms with Gasteiger partial charge in [0.1, 0.15) is 48.8 Å². The van der Waals surface area contributed by atoms with Gasteiger partial charge in [-0.2, -0.15) is 0 Å². The maximum Gasteiger partial charge on any atom is 0.220 e. The monoisotopic (exact) mass is 832 g/mol. The van der Waals surface area contributed by atoms with Crippen LogP contribution in [0.2, 0.25) is 0 Å². The summed E-state index contributed by atoms with van der Waals surface area (Å²) >= 11 is 0. The van der Waals surface area contributed by atoms with Crippen molar-refractivity contribution in [3.63, 3.8) is 0 Å². The van der Waals surface area contributed by atoms with E-state index in [2.05, 4.69) is 31.3 Å². The van der Waals surface area contributed by atoms with Crippen LogP contribution in [0, 0.1) is 0 Å². The first-order chi connectivity index (χ1) is 28.1. The Balaban J connectivity index is 1.89. The zero-order valence-corrected chi connectivity index (χ0v) is 35.5. The van der Waals surface area contributed by atoms with E-state index in [0.717, 1.165) is 64.2 Å². The molecular formula is C44H81NO13. The van der Waals surface area contributed by atoms with E-state index in [1.54, 1.807) is 6.08 Å². The number of hydrogen-bond acceptors (Lipinski definition) is 13. The van der Waals surface area contributed by atoms with Gasteiger partial charge in [0, 0.05) is 6.42 Å².